The molecule has 3 heteroatoms. The van der Waals surface area contributed by atoms with Crippen LogP contribution in [0.1, 0.15) is 11.1 Å². The second-order valence-electron chi connectivity index (χ2n) is 6.08. The topological polar surface area (TPSA) is 9.23 Å². The summed E-state index contributed by atoms with van der Waals surface area (Å²) in [6, 6.07) is 23.9. The molecule has 0 unspecified atom stereocenters. The molecule has 0 amide bonds. The van der Waals surface area contributed by atoms with Crippen LogP contribution in [0.15, 0.2) is 72.8 Å². The normalized spacial score (nSPS) is 11.1. The minimum absolute atomic E-state index is 0.224. The van der Waals surface area contributed by atoms with Gasteiger partial charge in [-0.3, -0.25) is 0 Å². The summed E-state index contributed by atoms with van der Waals surface area (Å²) in [5, 5.41) is 4.89. The van der Waals surface area contributed by atoms with Crippen LogP contribution in [0.25, 0.3) is 21.5 Å². The summed E-state index contributed by atoms with van der Waals surface area (Å²) >= 11 is 0. The van der Waals surface area contributed by atoms with E-state index in [1.54, 1.807) is 12.1 Å². The number of aryl methyl sites for hydroxylation is 1. The molecule has 0 N–H and O–H groups in total. The molecule has 4 aromatic rings. The average molecular weight is 326 g/mol. The second-order valence-corrected chi connectivity index (χ2v) is 6.08. The van der Waals surface area contributed by atoms with Gasteiger partial charge >= 0.3 is 146 Å². The van der Waals surface area contributed by atoms with E-state index in [4.69, 9.17) is 0 Å². The predicted molar refractivity (Wildman–Crippen MR) is 105 cm³/mol. The van der Waals surface area contributed by atoms with Crippen LogP contribution in [-0.4, -0.2) is 12.9 Å². The predicted octanol–water partition coefficient (Wildman–Crippen LogP) is 4.74. The third kappa shape index (κ3) is 2.72. The van der Waals surface area contributed by atoms with Crippen LogP contribution in [0, 0.1) is 6.92 Å². The van der Waals surface area contributed by atoms with Crippen molar-refractivity contribution >= 4 is 39.9 Å². The fourth-order valence-electron chi connectivity index (χ4n) is 3.42. The van der Waals surface area contributed by atoms with Crippen molar-refractivity contribution in [1.82, 2.24) is 0 Å². The molecule has 0 fully saturated rings. The molecule has 0 heterocycles. The van der Waals surface area contributed by atoms with Gasteiger partial charge in [0.05, 0.1) is 0 Å². The standard InChI is InChI=1S/C22H16BFO/c1-15-17-9-3-4-10-18(17)19-11-5-6-12-20(19)22(15)23-14-16-8-2-7-13-21(16)25-24/h2-14H,1H3. The summed E-state index contributed by atoms with van der Waals surface area (Å²) in [5.74, 6) is 2.12. The Labute approximate surface area is 146 Å². The molecule has 0 aliphatic carbocycles. The molecule has 0 aliphatic rings. The zero-order valence-electron chi connectivity index (χ0n) is 13.9. The number of hydrogen-bond acceptors (Lipinski definition) is 1. The molecule has 0 bridgehead atoms. The van der Waals surface area contributed by atoms with Gasteiger partial charge in [-0.2, -0.15) is 0 Å². The van der Waals surface area contributed by atoms with E-state index in [0.29, 0.717) is 5.56 Å². The van der Waals surface area contributed by atoms with Gasteiger partial charge in [0, 0.05) is 0 Å². The molecule has 0 spiro atoms. The Hall–Kier alpha value is -2.94. The van der Waals surface area contributed by atoms with Crippen molar-refractivity contribution in [2.75, 3.05) is 0 Å². The summed E-state index contributed by atoms with van der Waals surface area (Å²) < 4.78 is 12.7. The van der Waals surface area contributed by atoms with Crippen molar-refractivity contribution in [2.45, 2.75) is 6.92 Å². The molecule has 0 radical (unpaired) electrons. The van der Waals surface area contributed by atoms with Crippen LogP contribution in [0.5, 0.6) is 5.75 Å². The Bertz CT molecular complexity index is 1100. The molecule has 4 aromatic carbocycles. The van der Waals surface area contributed by atoms with Crippen molar-refractivity contribution in [3.8, 4) is 5.75 Å². The molecule has 0 saturated carbocycles. The van der Waals surface area contributed by atoms with E-state index in [9.17, 15) is 4.53 Å². The first-order valence-electron chi connectivity index (χ1n) is 8.25. The van der Waals surface area contributed by atoms with Gasteiger partial charge in [0.1, 0.15) is 0 Å². The first-order chi connectivity index (χ1) is 12.3. The first kappa shape index (κ1) is 15.6. The van der Waals surface area contributed by atoms with Crippen molar-refractivity contribution in [2.24, 2.45) is 0 Å². The summed E-state index contributed by atoms with van der Waals surface area (Å²) in [7, 11) is 0. The van der Waals surface area contributed by atoms with Crippen LogP contribution >= 0.6 is 0 Å². The minimum atomic E-state index is 0.224. The Balaban J connectivity index is 1.97. The Morgan fingerprint density at radius 2 is 1.32 bits per heavy atom. The van der Waals surface area contributed by atoms with Gasteiger partial charge in [-0.1, -0.05) is 0 Å². The van der Waals surface area contributed by atoms with E-state index in [1.165, 1.54) is 27.1 Å². The summed E-state index contributed by atoms with van der Waals surface area (Å²) in [6.45, 7) is 4.17. The van der Waals surface area contributed by atoms with Crippen LogP contribution in [0.2, 0.25) is 0 Å². The van der Waals surface area contributed by atoms with Gasteiger partial charge in [-0.05, 0) is 0 Å². The van der Waals surface area contributed by atoms with Gasteiger partial charge in [0.2, 0.25) is 0 Å². The fourth-order valence-corrected chi connectivity index (χ4v) is 3.42. The third-order valence-corrected chi connectivity index (χ3v) is 4.67. The van der Waals surface area contributed by atoms with E-state index in [2.05, 4.69) is 54.3 Å². The van der Waals surface area contributed by atoms with Crippen LogP contribution in [0.4, 0.5) is 4.53 Å². The molecule has 0 saturated heterocycles. The zero-order valence-corrected chi connectivity index (χ0v) is 13.9. The first-order valence-corrected chi connectivity index (χ1v) is 8.25. The van der Waals surface area contributed by atoms with E-state index in [1.807, 2.05) is 31.1 Å². The molecule has 1 nitrogen and oxygen atoms in total. The SMILES string of the molecule is Cc1c(B=Cc2ccccc2OF)c2ccccc2c2ccccc12. The van der Waals surface area contributed by atoms with E-state index < -0.39 is 0 Å². The zero-order chi connectivity index (χ0) is 17.2. The Morgan fingerprint density at radius 1 is 0.760 bits per heavy atom. The van der Waals surface area contributed by atoms with Crippen LogP contribution in [0.3, 0.4) is 0 Å². The van der Waals surface area contributed by atoms with Gasteiger partial charge in [0.25, 0.3) is 0 Å². The molecule has 0 aliphatic heterocycles. The Morgan fingerprint density at radius 3 is 2.04 bits per heavy atom. The molecular formula is C22H16BFO. The Kier molecular flexibility index (Phi) is 4.06. The maximum atomic E-state index is 12.7. The molecule has 0 aromatic heterocycles. The molecule has 4 rings (SSSR count). The molecule has 120 valence electrons. The van der Waals surface area contributed by atoms with Crippen LogP contribution < -0.4 is 10.4 Å². The summed E-state index contributed by atoms with van der Waals surface area (Å²) in [4.78, 5) is 3.97. The third-order valence-electron chi connectivity index (χ3n) is 4.67. The number of fused-ring (bicyclic) bond motifs is 3. The number of halogens is 1. The van der Waals surface area contributed by atoms with Crippen molar-refractivity contribution in [3.63, 3.8) is 0 Å². The van der Waals surface area contributed by atoms with Crippen molar-refractivity contribution in [3.05, 3.63) is 83.9 Å². The molecular weight excluding hydrogens is 310 g/mol. The monoisotopic (exact) mass is 326 g/mol. The maximum absolute atomic E-state index is 12.7. The number of hydrogen-bond donors (Lipinski definition) is 0. The van der Waals surface area contributed by atoms with Gasteiger partial charge in [0.15, 0.2) is 0 Å². The number of rotatable bonds is 3. The van der Waals surface area contributed by atoms with Gasteiger partial charge < -0.3 is 0 Å². The van der Waals surface area contributed by atoms with Crippen LogP contribution in [-0.2, 0) is 0 Å². The van der Waals surface area contributed by atoms with E-state index in [0.717, 1.165) is 5.46 Å². The van der Waals surface area contributed by atoms with Gasteiger partial charge in [-0.25, -0.2) is 0 Å². The number of para-hydroxylation sites is 1. The molecule has 0 atom stereocenters. The fraction of sp³-hybridized carbons (Fsp3) is 0.0455. The van der Waals surface area contributed by atoms with E-state index >= 15 is 0 Å². The van der Waals surface area contributed by atoms with Gasteiger partial charge in [-0.15, -0.1) is 0 Å². The summed E-state index contributed by atoms with van der Waals surface area (Å²) in [6.07, 6.45) is 0. The summed E-state index contributed by atoms with van der Waals surface area (Å²) in [5.41, 5.74) is 3.06. The quantitative estimate of drug-likeness (QED) is 0.390. The molecule has 25 heavy (non-hydrogen) atoms. The van der Waals surface area contributed by atoms with E-state index in [-0.39, 0.29) is 5.75 Å². The average Bonchev–Trinajstić information content (AvgIpc) is 2.68. The number of benzene rings is 4. The van der Waals surface area contributed by atoms with Crippen molar-refractivity contribution < 1.29 is 9.47 Å². The van der Waals surface area contributed by atoms with Crippen molar-refractivity contribution in [1.29, 1.82) is 0 Å². The second kappa shape index (κ2) is 6.52.